The van der Waals surface area contributed by atoms with Crippen molar-refractivity contribution in [3.05, 3.63) is 40.0 Å². The van der Waals surface area contributed by atoms with E-state index in [0.717, 1.165) is 59.3 Å². The van der Waals surface area contributed by atoms with Crippen LogP contribution in [0.15, 0.2) is 29.4 Å². The minimum absolute atomic E-state index is 0. The third-order valence-corrected chi connectivity index (χ3v) is 5.38. The van der Waals surface area contributed by atoms with Crippen LogP contribution in [0.3, 0.4) is 0 Å². The van der Waals surface area contributed by atoms with E-state index in [1.165, 1.54) is 10.6 Å². The molecule has 0 unspecified atom stereocenters. The number of rotatable bonds is 9. The van der Waals surface area contributed by atoms with Crippen LogP contribution >= 0.6 is 35.3 Å². The van der Waals surface area contributed by atoms with Crippen molar-refractivity contribution < 1.29 is 9.47 Å². The molecule has 0 fully saturated rings. The van der Waals surface area contributed by atoms with Gasteiger partial charge in [-0.15, -0.1) is 35.3 Å². The smallest absolute Gasteiger partial charge is 0.191 e. The molecule has 7 nitrogen and oxygen atoms in total. The van der Waals surface area contributed by atoms with E-state index in [1.807, 2.05) is 18.3 Å². The maximum Gasteiger partial charge on any atom is 0.191 e. The number of guanidine groups is 1. The Labute approximate surface area is 198 Å². The second kappa shape index (κ2) is 12.0. The lowest BCUT2D eigenvalue weighted by molar-refractivity contribution is 0.398. The lowest BCUT2D eigenvalue weighted by Gasteiger charge is -2.10. The van der Waals surface area contributed by atoms with Gasteiger partial charge in [-0.05, 0) is 32.8 Å². The summed E-state index contributed by atoms with van der Waals surface area (Å²) >= 11 is 1.68. The monoisotopic (exact) mass is 543 g/mol. The largest absolute Gasteiger partial charge is 0.497 e. The van der Waals surface area contributed by atoms with Crippen molar-refractivity contribution in [2.75, 3.05) is 27.3 Å². The van der Waals surface area contributed by atoms with Gasteiger partial charge in [-0.2, -0.15) is 0 Å². The molecule has 164 valence electrons. The molecule has 2 aromatic heterocycles. The Kier molecular flexibility index (Phi) is 9.70. The maximum atomic E-state index is 5.49. The Bertz CT molecular complexity index is 970. The molecule has 3 aromatic rings. The molecule has 1 aromatic carbocycles. The molecule has 0 atom stereocenters. The minimum atomic E-state index is 0. The topological polar surface area (TPSA) is 83.6 Å². The summed E-state index contributed by atoms with van der Waals surface area (Å²) in [5.41, 5.74) is 2.20. The molecule has 0 spiro atoms. The Hall–Kier alpha value is -2.01. The summed E-state index contributed by atoms with van der Waals surface area (Å²) in [4.78, 5) is 13.7. The van der Waals surface area contributed by atoms with E-state index in [0.29, 0.717) is 6.54 Å². The van der Waals surface area contributed by atoms with Crippen LogP contribution < -0.4 is 20.1 Å². The number of H-pyrrole nitrogens is 1. The number of aromatic amines is 1. The molecule has 0 bridgehead atoms. The number of nitrogens with zero attached hydrogens (tertiary/aromatic N) is 2. The average molecular weight is 543 g/mol. The fraction of sp³-hybridized carbons (Fsp3) is 0.429. The van der Waals surface area contributed by atoms with Crippen LogP contribution in [-0.4, -0.2) is 43.2 Å². The van der Waals surface area contributed by atoms with E-state index in [-0.39, 0.29) is 24.0 Å². The van der Waals surface area contributed by atoms with Crippen LogP contribution in [0.5, 0.6) is 11.5 Å². The van der Waals surface area contributed by atoms with Gasteiger partial charge in [0.1, 0.15) is 16.5 Å². The van der Waals surface area contributed by atoms with Crippen molar-refractivity contribution in [3.8, 4) is 11.5 Å². The van der Waals surface area contributed by atoms with Gasteiger partial charge in [0.2, 0.25) is 0 Å². The first-order valence-electron chi connectivity index (χ1n) is 9.80. The normalized spacial score (nSPS) is 11.3. The number of ether oxygens (including phenoxy) is 2. The molecule has 0 radical (unpaired) electrons. The van der Waals surface area contributed by atoms with Crippen LogP contribution in [0.1, 0.15) is 28.9 Å². The highest BCUT2D eigenvalue weighted by atomic mass is 127. The standard InChI is InChI=1S/C21H29N5O2S.HI/c1-5-22-21(25-13-20-24-12-14(2)29-20)23-8-6-7-15-9-17-18(26-15)10-16(27-3)11-19(17)28-4;/h9-12,26H,5-8,13H2,1-4H3,(H2,22,23,25);1H. The van der Waals surface area contributed by atoms with Crippen LogP contribution in [0.2, 0.25) is 0 Å². The van der Waals surface area contributed by atoms with Crippen LogP contribution in [-0.2, 0) is 13.0 Å². The van der Waals surface area contributed by atoms with E-state index in [4.69, 9.17) is 9.47 Å². The minimum Gasteiger partial charge on any atom is -0.497 e. The third kappa shape index (κ3) is 6.49. The molecule has 3 rings (SSSR count). The zero-order chi connectivity index (χ0) is 20.6. The number of benzene rings is 1. The van der Waals surface area contributed by atoms with Crippen LogP contribution in [0.4, 0.5) is 0 Å². The second-order valence-electron chi connectivity index (χ2n) is 6.68. The molecule has 30 heavy (non-hydrogen) atoms. The van der Waals surface area contributed by atoms with Crippen molar-refractivity contribution >= 4 is 52.2 Å². The van der Waals surface area contributed by atoms with Gasteiger partial charge in [-0.25, -0.2) is 9.98 Å². The molecule has 0 saturated carbocycles. The highest BCUT2D eigenvalue weighted by Gasteiger charge is 2.09. The molecular weight excluding hydrogens is 513 g/mol. The lowest BCUT2D eigenvalue weighted by Crippen LogP contribution is -2.37. The van der Waals surface area contributed by atoms with Crippen molar-refractivity contribution in [3.63, 3.8) is 0 Å². The quantitative estimate of drug-likeness (QED) is 0.163. The van der Waals surface area contributed by atoms with Crippen LogP contribution in [0, 0.1) is 6.92 Å². The number of aryl methyl sites for hydroxylation is 2. The molecule has 0 aliphatic rings. The average Bonchev–Trinajstić information content (AvgIpc) is 3.33. The van der Waals surface area contributed by atoms with E-state index in [9.17, 15) is 0 Å². The summed E-state index contributed by atoms with van der Waals surface area (Å²) in [6.07, 6.45) is 3.80. The number of thiazole rings is 1. The number of hydrogen-bond donors (Lipinski definition) is 3. The number of aliphatic imine (C=N–C) groups is 1. The fourth-order valence-electron chi connectivity index (χ4n) is 3.11. The van der Waals surface area contributed by atoms with E-state index in [1.54, 1.807) is 25.6 Å². The van der Waals surface area contributed by atoms with E-state index >= 15 is 0 Å². The number of methoxy groups -OCH3 is 2. The summed E-state index contributed by atoms with van der Waals surface area (Å²) in [5, 5.41) is 8.79. The second-order valence-corrected chi connectivity index (χ2v) is 7.99. The van der Waals surface area contributed by atoms with Crippen molar-refractivity contribution in [2.45, 2.75) is 33.2 Å². The van der Waals surface area contributed by atoms with E-state index in [2.05, 4.69) is 45.5 Å². The predicted octanol–water partition coefficient (Wildman–Crippen LogP) is 4.26. The molecule has 9 heteroatoms. The van der Waals surface area contributed by atoms with Gasteiger partial charge in [0, 0.05) is 47.4 Å². The molecule has 2 heterocycles. The Morgan fingerprint density at radius 1 is 1.20 bits per heavy atom. The summed E-state index contributed by atoms with van der Waals surface area (Å²) in [5.74, 6) is 2.42. The number of nitrogens with one attached hydrogen (secondary N) is 3. The number of hydrogen-bond acceptors (Lipinski definition) is 5. The van der Waals surface area contributed by atoms with Crippen molar-refractivity contribution in [2.24, 2.45) is 4.99 Å². The molecule has 0 saturated heterocycles. The Balaban J connectivity index is 0.00000320. The molecule has 0 aliphatic heterocycles. The number of aromatic nitrogens is 2. The highest BCUT2D eigenvalue weighted by molar-refractivity contribution is 14.0. The summed E-state index contributed by atoms with van der Waals surface area (Å²) in [6, 6.07) is 6.05. The van der Waals surface area contributed by atoms with Crippen molar-refractivity contribution in [1.82, 2.24) is 20.6 Å². The van der Waals surface area contributed by atoms with Crippen molar-refractivity contribution in [1.29, 1.82) is 0 Å². The summed E-state index contributed by atoms with van der Waals surface area (Å²) in [6.45, 7) is 6.38. The predicted molar refractivity (Wildman–Crippen MR) is 135 cm³/mol. The van der Waals surface area contributed by atoms with Gasteiger partial charge in [0.25, 0.3) is 0 Å². The molecular formula is C21H30IN5O2S. The van der Waals surface area contributed by atoms with Gasteiger partial charge in [-0.1, -0.05) is 0 Å². The zero-order valence-corrected chi connectivity index (χ0v) is 21.0. The SMILES string of the molecule is CCNC(=NCc1ncc(C)s1)NCCCc1cc2c(OC)cc(OC)cc2[nH]1.I. The van der Waals surface area contributed by atoms with Gasteiger partial charge in [0.05, 0.1) is 26.3 Å². The molecule has 0 amide bonds. The Morgan fingerprint density at radius 2 is 2.03 bits per heavy atom. The lowest BCUT2D eigenvalue weighted by atomic mass is 10.2. The van der Waals surface area contributed by atoms with Gasteiger partial charge in [0.15, 0.2) is 5.96 Å². The first-order chi connectivity index (χ1) is 14.1. The third-order valence-electron chi connectivity index (χ3n) is 4.49. The van der Waals surface area contributed by atoms with Gasteiger partial charge >= 0.3 is 0 Å². The number of fused-ring (bicyclic) bond motifs is 1. The summed E-state index contributed by atoms with van der Waals surface area (Å²) in [7, 11) is 3.34. The maximum absolute atomic E-state index is 5.49. The molecule has 3 N–H and O–H groups in total. The first kappa shape index (κ1) is 24.3. The summed E-state index contributed by atoms with van der Waals surface area (Å²) < 4.78 is 10.8. The van der Waals surface area contributed by atoms with Gasteiger partial charge in [-0.3, -0.25) is 0 Å². The van der Waals surface area contributed by atoms with E-state index < -0.39 is 0 Å². The van der Waals surface area contributed by atoms with Crippen LogP contribution in [0.25, 0.3) is 10.9 Å². The number of halogens is 1. The molecule has 0 aliphatic carbocycles. The first-order valence-corrected chi connectivity index (χ1v) is 10.6. The fourth-order valence-corrected chi connectivity index (χ4v) is 3.82. The highest BCUT2D eigenvalue weighted by Crippen LogP contribution is 2.31. The Morgan fingerprint density at radius 3 is 2.70 bits per heavy atom. The zero-order valence-electron chi connectivity index (χ0n) is 17.9. The van der Waals surface area contributed by atoms with Gasteiger partial charge < -0.3 is 25.1 Å².